The lowest BCUT2D eigenvalue weighted by Crippen LogP contribution is -1.97. The Morgan fingerprint density at radius 1 is 1.22 bits per heavy atom. The molecule has 0 unspecified atom stereocenters. The summed E-state index contributed by atoms with van der Waals surface area (Å²) >= 11 is 12.9. The summed E-state index contributed by atoms with van der Waals surface area (Å²) in [6.07, 6.45) is 1.34. The number of rotatable bonds is 4. The number of carboxylic acid groups (broad SMARTS) is 1. The van der Waals surface area contributed by atoms with Gasteiger partial charge in [0.1, 0.15) is 10.3 Å². The number of nitrogens with zero attached hydrogens (tertiary/aromatic N) is 2. The van der Waals surface area contributed by atoms with E-state index >= 15 is 0 Å². The second-order valence-electron chi connectivity index (χ2n) is 3.55. The highest BCUT2D eigenvalue weighted by molar-refractivity contribution is 7.09. The first kappa shape index (κ1) is 13.3. The molecule has 0 aliphatic rings. The summed E-state index contributed by atoms with van der Waals surface area (Å²) in [4.78, 5) is 18.5. The van der Waals surface area contributed by atoms with E-state index in [2.05, 4.69) is 9.97 Å². The zero-order valence-electron chi connectivity index (χ0n) is 9.06. The first-order valence-electron chi connectivity index (χ1n) is 5.04. The van der Waals surface area contributed by atoms with Gasteiger partial charge in [-0.15, -0.1) is 11.3 Å². The normalized spacial score (nSPS) is 10.6. The van der Waals surface area contributed by atoms with Crippen molar-refractivity contribution in [2.24, 2.45) is 0 Å². The summed E-state index contributed by atoms with van der Waals surface area (Å²) in [7, 11) is 0. The number of pyridine rings is 1. The molecule has 1 N–H and O–H groups in total. The molecule has 0 spiro atoms. The van der Waals surface area contributed by atoms with Gasteiger partial charge in [-0.25, -0.2) is 14.8 Å². The average Bonchev–Trinajstić information content (AvgIpc) is 2.73. The molecule has 0 atom stereocenters. The molecule has 94 valence electrons. The Bertz CT molecular complexity index is 566. The van der Waals surface area contributed by atoms with Crippen molar-refractivity contribution in [3.8, 4) is 0 Å². The van der Waals surface area contributed by atoms with Crippen LogP contribution in [0.3, 0.4) is 0 Å². The van der Waals surface area contributed by atoms with Gasteiger partial charge in [-0.05, 0) is 24.1 Å². The Hall–Kier alpha value is -1.17. The van der Waals surface area contributed by atoms with Crippen LogP contribution in [0.15, 0.2) is 17.5 Å². The zero-order valence-corrected chi connectivity index (χ0v) is 11.4. The van der Waals surface area contributed by atoms with Crippen LogP contribution in [-0.2, 0) is 12.8 Å². The predicted octanol–water partition coefficient (Wildman–Crippen LogP) is 3.33. The monoisotopic (exact) mass is 302 g/mol. The highest BCUT2D eigenvalue weighted by Crippen LogP contribution is 2.18. The van der Waals surface area contributed by atoms with Crippen LogP contribution >= 0.6 is 34.5 Å². The van der Waals surface area contributed by atoms with Gasteiger partial charge in [0.2, 0.25) is 0 Å². The van der Waals surface area contributed by atoms with Gasteiger partial charge in [0.25, 0.3) is 0 Å². The van der Waals surface area contributed by atoms with Crippen LogP contribution in [0, 0.1) is 0 Å². The Balaban J connectivity index is 2.04. The maximum Gasteiger partial charge on any atom is 0.355 e. The molecule has 0 saturated heterocycles. The van der Waals surface area contributed by atoms with E-state index in [1.54, 1.807) is 12.1 Å². The smallest absolute Gasteiger partial charge is 0.355 e. The van der Waals surface area contributed by atoms with Crippen molar-refractivity contribution in [2.75, 3.05) is 0 Å². The van der Waals surface area contributed by atoms with Crippen LogP contribution in [0.2, 0.25) is 10.3 Å². The SMILES string of the molecule is O=C(O)c1csc(CCc2cc(Cl)nc(Cl)c2)n1. The number of carbonyl (C=O) groups is 1. The molecular formula is C11H8Cl2N2O2S. The molecule has 2 rings (SSSR count). The van der Waals surface area contributed by atoms with Crippen LogP contribution in [0.5, 0.6) is 0 Å². The summed E-state index contributed by atoms with van der Waals surface area (Å²) in [5, 5.41) is 11.8. The van der Waals surface area contributed by atoms with Crippen molar-refractivity contribution < 1.29 is 9.90 Å². The average molecular weight is 303 g/mol. The van der Waals surface area contributed by atoms with Crippen LogP contribution in [0.25, 0.3) is 0 Å². The third-order valence-electron chi connectivity index (χ3n) is 2.22. The molecule has 0 bridgehead atoms. The van der Waals surface area contributed by atoms with Gasteiger partial charge in [0.05, 0.1) is 5.01 Å². The Labute approximate surface area is 117 Å². The summed E-state index contributed by atoms with van der Waals surface area (Å²) in [6.45, 7) is 0. The van der Waals surface area contributed by atoms with Gasteiger partial charge in [-0.1, -0.05) is 23.2 Å². The molecule has 18 heavy (non-hydrogen) atoms. The van der Waals surface area contributed by atoms with E-state index in [0.29, 0.717) is 23.1 Å². The summed E-state index contributed by atoms with van der Waals surface area (Å²) < 4.78 is 0. The lowest BCUT2D eigenvalue weighted by Gasteiger charge is -2.00. The van der Waals surface area contributed by atoms with Gasteiger partial charge in [0, 0.05) is 11.8 Å². The zero-order chi connectivity index (χ0) is 13.1. The van der Waals surface area contributed by atoms with Gasteiger partial charge < -0.3 is 5.11 Å². The molecule has 0 radical (unpaired) electrons. The Morgan fingerprint density at radius 3 is 2.44 bits per heavy atom. The molecule has 0 aliphatic heterocycles. The van der Waals surface area contributed by atoms with E-state index in [9.17, 15) is 4.79 Å². The minimum Gasteiger partial charge on any atom is -0.476 e. The fourth-order valence-electron chi connectivity index (χ4n) is 1.43. The Kier molecular flexibility index (Phi) is 4.16. The number of aromatic carboxylic acids is 1. The third-order valence-corrected chi connectivity index (χ3v) is 3.52. The quantitative estimate of drug-likeness (QED) is 0.880. The van der Waals surface area contributed by atoms with Crippen molar-refractivity contribution >= 4 is 40.5 Å². The van der Waals surface area contributed by atoms with E-state index in [-0.39, 0.29) is 5.69 Å². The van der Waals surface area contributed by atoms with Crippen molar-refractivity contribution in [3.63, 3.8) is 0 Å². The lowest BCUT2D eigenvalue weighted by molar-refractivity contribution is 0.0691. The van der Waals surface area contributed by atoms with Crippen molar-refractivity contribution in [1.82, 2.24) is 9.97 Å². The molecule has 0 aliphatic carbocycles. The van der Waals surface area contributed by atoms with Crippen LogP contribution in [-0.4, -0.2) is 21.0 Å². The standard InChI is InChI=1S/C11H8Cl2N2O2S/c12-8-3-6(4-9(13)15-8)1-2-10-14-7(5-18-10)11(16)17/h3-5H,1-2H2,(H,16,17). The molecular weight excluding hydrogens is 295 g/mol. The van der Waals surface area contributed by atoms with E-state index < -0.39 is 5.97 Å². The number of aromatic nitrogens is 2. The van der Waals surface area contributed by atoms with E-state index in [1.807, 2.05) is 0 Å². The van der Waals surface area contributed by atoms with Crippen molar-refractivity contribution in [3.05, 3.63) is 44.1 Å². The van der Waals surface area contributed by atoms with Gasteiger partial charge in [0.15, 0.2) is 5.69 Å². The molecule has 2 heterocycles. The van der Waals surface area contributed by atoms with Crippen molar-refractivity contribution in [2.45, 2.75) is 12.8 Å². The van der Waals surface area contributed by atoms with Crippen LogP contribution in [0.4, 0.5) is 0 Å². The lowest BCUT2D eigenvalue weighted by atomic mass is 10.1. The van der Waals surface area contributed by atoms with E-state index in [4.69, 9.17) is 28.3 Å². The van der Waals surface area contributed by atoms with Gasteiger partial charge >= 0.3 is 5.97 Å². The number of thiazole rings is 1. The van der Waals surface area contributed by atoms with Gasteiger partial charge in [-0.2, -0.15) is 0 Å². The Morgan fingerprint density at radius 2 is 1.89 bits per heavy atom. The molecule has 2 aromatic rings. The first-order chi connectivity index (χ1) is 8.54. The summed E-state index contributed by atoms with van der Waals surface area (Å²) in [5.74, 6) is -1.01. The number of aryl methyl sites for hydroxylation is 2. The highest BCUT2D eigenvalue weighted by Gasteiger charge is 2.09. The van der Waals surface area contributed by atoms with Crippen LogP contribution in [0.1, 0.15) is 21.1 Å². The minimum atomic E-state index is -1.01. The molecule has 0 fully saturated rings. The minimum absolute atomic E-state index is 0.0841. The van der Waals surface area contributed by atoms with E-state index in [1.165, 1.54) is 16.7 Å². The highest BCUT2D eigenvalue weighted by atomic mass is 35.5. The number of hydrogen-bond acceptors (Lipinski definition) is 4. The third kappa shape index (κ3) is 3.41. The van der Waals surface area contributed by atoms with Crippen molar-refractivity contribution in [1.29, 1.82) is 0 Å². The van der Waals surface area contributed by atoms with Crippen LogP contribution < -0.4 is 0 Å². The molecule has 2 aromatic heterocycles. The predicted molar refractivity (Wildman–Crippen MR) is 70.7 cm³/mol. The molecule has 0 amide bonds. The van der Waals surface area contributed by atoms with E-state index in [0.717, 1.165) is 10.6 Å². The molecule has 0 saturated carbocycles. The maximum absolute atomic E-state index is 10.7. The summed E-state index contributed by atoms with van der Waals surface area (Å²) in [5.41, 5.74) is 1.04. The number of carboxylic acids is 1. The summed E-state index contributed by atoms with van der Waals surface area (Å²) in [6, 6.07) is 3.47. The largest absolute Gasteiger partial charge is 0.476 e. The second-order valence-corrected chi connectivity index (χ2v) is 5.27. The fraction of sp³-hybridized carbons (Fsp3) is 0.182. The number of hydrogen-bond donors (Lipinski definition) is 1. The first-order valence-corrected chi connectivity index (χ1v) is 6.68. The fourth-order valence-corrected chi connectivity index (χ4v) is 2.71. The van der Waals surface area contributed by atoms with Gasteiger partial charge in [-0.3, -0.25) is 0 Å². The number of halogens is 2. The molecule has 4 nitrogen and oxygen atoms in total. The second kappa shape index (κ2) is 5.65. The molecule has 0 aromatic carbocycles. The maximum atomic E-state index is 10.7. The topological polar surface area (TPSA) is 63.1 Å². The molecule has 7 heteroatoms.